The van der Waals surface area contributed by atoms with Crippen molar-refractivity contribution in [3.05, 3.63) is 152 Å². The molecule has 0 saturated heterocycles. The molecule has 0 aliphatic carbocycles. The van der Waals surface area contributed by atoms with Crippen molar-refractivity contribution in [2.45, 2.75) is 0 Å². The Hall–Kier alpha value is -6.37. The highest BCUT2D eigenvalue weighted by molar-refractivity contribution is 7.00. The standard InChI is InChI=1S/C43H25N5S/c1-2-10-28(11-3-1)41-35-20-21-36-42(48-49-47-36)40(35)34-19-18-32(24-39(34)44-41)38-25-37(31-16-14-26-8-4-6-12-29(26)22-31)45-43(46-38)33-17-15-27-9-5-7-13-30(27)23-33/h1-25H. The number of pyridine rings is 1. The van der Waals surface area contributed by atoms with Crippen molar-refractivity contribution in [3.63, 3.8) is 0 Å². The quantitative estimate of drug-likeness (QED) is 0.179. The highest BCUT2D eigenvalue weighted by atomic mass is 32.1. The van der Waals surface area contributed by atoms with E-state index in [-0.39, 0.29) is 0 Å². The van der Waals surface area contributed by atoms with Gasteiger partial charge in [-0.2, -0.15) is 8.75 Å². The molecule has 0 amide bonds. The maximum atomic E-state index is 5.29. The zero-order valence-electron chi connectivity index (χ0n) is 26.1. The van der Waals surface area contributed by atoms with Gasteiger partial charge in [0, 0.05) is 38.4 Å². The van der Waals surface area contributed by atoms with Gasteiger partial charge in [-0.1, -0.05) is 115 Å². The van der Waals surface area contributed by atoms with Crippen LogP contribution in [0, 0.1) is 0 Å². The summed E-state index contributed by atoms with van der Waals surface area (Å²) in [6, 6.07) is 52.8. The van der Waals surface area contributed by atoms with Crippen molar-refractivity contribution in [1.29, 1.82) is 0 Å². The van der Waals surface area contributed by atoms with Gasteiger partial charge < -0.3 is 0 Å². The lowest BCUT2D eigenvalue weighted by atomic mass is 9.97. The molecular formula is C43H25N5S. The summed E-state index contributed by atoms with van der Waals surface area (Å²) in [7, 11) is 0. The number of nitrogens with zero attached hydrogens (tertiary/aromatic N) is 5. The van der Waals surface area contributed by atoms with Gasteiger partial charge in [-0.05, 0) is 57.9 Å². The number of fused-ring (bicyclic) bond motifs is 7. The number of benzene rings is 7. The van der Waals surface area contributed by atoms with Crippen LogP contribution in [0.2, 0.25) is 0 Å². The van der Waals surface area contributed by atoms with Gasteiger partial charge in [0.1, 0.15) is 11.0 Å². The average Bonchev–Trinajstić information content (AvgIpc) is 3.66. The molecule has 0 fully saturated rings. The molecule has 6 heteroatoms. The third-order valence-electron chi connectivity index (χ3n) is 9.30. The molecule has 0 saturated carbocycles. The van der Waals surface area contributed by atoms with Crippen LogP contribution in [0.25, 0.3) is 99.4 Å². The zero-order valence-corrected chi connectivity index (χ0v) is 26.9. The second-order valence-corrected chi connectivity index (χ2v) is 12.8. The van der Waals surface area contributed by atoms with Crippen LogP contribution < -0.4 is 0 Å². The van der Waals surface area contributed by atoms with Crippen LogP contribution in [-0.2, 0) is 0 Å². The molecule has 5 nitrogen and oxygen atoms in total. The molecule has 0 spiro atoms. The molecule has 10 aromatic rings. The van der Waals surface area contributed by atoms with Crippen LogP contribution in [0.15, 0.2) is 152 Å². The normalized spacial score (nSPS) is 11.7. The van der Waals surface area contributed by atoms with Gasteiger partial charge >= 0.3 is 0 Å². The Morgan fingerprint density at radius 1 is 0.388 bits per heavy atom. The van der Waals surface area contributed by atoms with E-state index in [2.05, 4.69) is 144 Å². The summed E-state index contributed by atoms with van der Waals surface area (Å²) in [4.78, 5) is 15.7. The van der Waals surface area contributed by atoms with Crippen molar-refractivity contribution in [1.82, 2.24) is 23.7 Å². The first-order chi connectivity index (χ1) is 24.2. The molecule has 0 aliphatic rings. The van der Waals surface area contributed by atoms with Crippen LogP contribution in [-0.4, -0.2) is 23.7 Å². The van der Waals surface area contributed by atoms with Gasteiger partial charge in [-0.25, -0.2) is 15.0 Å². The third-order valence-corrected chi connectivity index (χ3v) is 9.85. The van der Waals surface area contributed by atoms with Gasteiger partial charge in [-0.15, -0.1) is 0 Å². The van der Waals surface area contributed by atoms with E-state index >= 15 is 0 Å². The van der Waals surface area contributed by atoms with E-state index in [0.29, 0.717) is 5.82 Å². The highest BCUT2D eigenvalue weighted by Crippen LogP contribution is 2.38. The first kappa shape index (κ1) is 27.7. The van der Waals surface area contributed by atoms with Crippen molar-refractivity contribution in [3.8, 4) is 45.2 Å². The first-order valence-electron chi connectivity index (χ1n) is 16.2. The molecule has 228 valence electrons. The summed E-state index contributed by atoms with van der Waals surface area (Å²) < 4.78 is 9.28. The van der Waals surface area contributed by atoms with E-state index in [0.717, 1.165) is 77.4 Å². The highest BCUT2D eigenvalue weighted by Gasteiger charge is 2.17. The first-order valence-corrected chi connectivity index (χ1v) is 16.9. The Labute approximate surface area is 285 Å². The second kappa shape index (κ2) is 11.1. The number of hydrogen-bond acceptors (Lipinski definition) is 6. The van der Waals surface area contributed by atoms with Crippen molar-refractivity contribution in [2.24, 2.45) is 0 Å². The van der Waals surface area contributed by atoms with E-state index < -0.39 is 0 Å². The molecule has 0 radical (unpaired) electrons. The van der Waals surface area contributed by atoms with Crippen LogP contribution in [0.3, 0.4) is 0 Å². The Balaban J connectivity index is 1.21. The lowest BCUT2D eigenvalue weighted by Gasteiger charge is -2.13. The number of rotatable bonds is 4. The average molecular weight is 644 g/mol. The van der Waals surface area contributed by atoms with Gasteiger partial charge in [-0.3, -0.25) is 0 Å². The molecular weight excluding hydrogens is 619 g/mol. The molecule has 3 aromatic heterocycles. The predicted molar refractivity (Wildman–Crippen MR) is 203 cm³/mol. The van der Waals surface area contributed by atoms with Crippen LogP contribution in [0.5, 0.6) is 0 Å². The van der Waals surface area contributed by atoms with E-state index in [1.165, 1.54) is 27.9 Å². The van der Waals surface area contributed by atoms with Crippen molar-refractivity contribution in [2.75, 3.05) is 0 Å². The fourth-order valence-electron chi connectivity index (χ4n) is 6.86. The predicted octanol–water partition coefficient (Wildman–Crippen LogP) is 11.2. The molecule has 0 aliphatic heterocycles. The minimum Gasteiger partial charge on any atom is -0.247 e. The minimum absolute atomic E-state index is 0.679. The van der Waals surface area contributed by atoms with Gasteiger partial charge in [0.15, 0.2) is 5.82 Å². The van der Waals surface area contributed by atoms with E-state index in [4.69, 9.17) is 19.3 Å². The number of hydrogen-bond donors (Lipinski definition) is 0. The molecule has 3 heterocycles. The largest absolute Gasteiger partial charge is 0.247 e. The summed E-state index contributed by atoms with van der Waals surface area (Å²) >= 11 is 1.24. The summed E-state index contributed by atoms with van der Waals surface area (Å²) in [5, 5.41) is 7.87. The Kier molecular flexibility index (Phi) is 6.29. The zero-order chi connectivity index (χ0) is 32.3. The van der Waals surface area contributed by atoms with Crippen LogP contribution in [0.4, 0.5) is 0 Å². The lowest BCUT2D eigenvalue weighted by molar-refractivity contribution is 1.19. The van der Waals surface area contributed by atoms with Gasteiger partial charge in [0.05, 0.1) is 34.3 Å². The van der Waals surface area contributed by atoms with E-state index in [1.807, 2.05) is 12.1 Å². The second-order valence-electron chi connectivity index (χ2n) is 12.3. The van der Waals surface area contributed by atoms with E-state index in [9.17, 15) is 0 Å². The monoisotopic (exact) mass is 643 g/mol. The Bertz CT molecular complexity index is 2800. The lowest BCUT2D eigenvalue weighted by Crippen LogP contribution is -1.97. The third kappa shape index (κ3) is 4.73. The fraction of sp³-hybridized carbons (Fsp3) is 0. The maximum Gasteiger partial charge on any atom is 0.160 e. The molecule has 7 aromatic carbocycles. The maximum absolute atomic E-state index is 5.29. The van der Waals surface area contributed by atoms with Crippen LogP contribution in [0.1, 0.15) is 0 Å². The number of aromatic nitrogens is 5. The van der Waals surface area contributed by atoms with Crippen LogP contribution >= 0.6 is 11.7 Å². The molecule has 10 rings (SSSR count). The van der Waals surface area contributed by atoms with E-state index in [1.54, 1.807) is 0 Å². The SMILES string of the molecule is c1ccc(-c2nc3cc(-c4cc(-c5ccc6ccccc6c5)nc(-c5ccc6ccccc6c5)n4)ccc3c3c2ccc2nsnc23)cc1. The van der Waals surface area contributed by atoms with Crippen molar-refractivity contribution >= 4 is 66.0 Å². The Morgan fingerprint density at radius 3 is 1.76 bits per heavy atom. The minimum atomic E-state index is 0.679. The molecule has 0 N–H and O–H groups in total. The van der Waals surface area contributed by atoms with Crippen molar-refractivity contribution < 1.29 is 0 Å². The van der Waals surface area contributed by atoms with Gasteiger partial charge in [0.2, 0.25) is 0 Å². The molecule has 0 atom stereocenters. The summed E-state index contributed by atoms with van der Waals surface area (Å²) in [5.41, 5.74) is 9.33. The smallest absolute Gasteiger partial charge is 0.160 e. The molecule has 0 bridgehead atoms. The molecule has 0 unspecified atom stereocenters. The Morgan fingerprint density at radius 2 is 1.00 bits per heavy atom. The fourth-order valence-corrected chi connectivity index (χ4v) is 7.40. The summed E-state index contributed by atoms with van der Waals surface area (Å²) in [6.07, 6.45) is 0. The topological polar surface area (TPSA) is 64.5 Å². The summed E-state index contributed by atoms with van der Waals surface area (Å²) in [5.74, 6) is 0.679. The summed E-state index contributed by atoms with van der Waals surface area (Å²) in [6.45, 7) is 0. The molecule has 49 heavy (non-hydrogen) atoms. The van der Waals surface area contributed by atoms with Gasteiger partial charge in [0.25, 0.3) is 0 Å².